The number of rotatable bonds is 7. The van der Waals surface area contributed by atoms with Gasteiger partial charge in [-0.2, -0.15) is 0 Å². The fourth-order valence-electron chi connectivity index (χ4n) is 2.00. The van der Waals surface area contributed by atoms with Gasteiger partial charge in [-0.15, -0.1) is 6.58 Å². The summed E-state index contributed by atoms with van der Waals surface area (Å²) in [6.45, 7) is 4.40. The van der Waals surface area contributed by atoms with Crippen LogP contribution in [0.4, 0.5) is 0 Å². The highest BCUT2D eigenvalue weighted by molar-refractivity contribution is 5.96. The Bertz CT molecular complexity index is 684. The Morgan fingerprint density at radius 3 is 2.26 bits per heavy atom. The highest BCUT2D eigenvalue weighted by atomic mass is 16.2. The summed E-state index contributed by atoms with van der Waals surface area (Å²) >= 11 is 0. The average Bonchev–Trinajstić information content (AvgIpc) is 2.60. The SMILES string of the molecule is C=CCNC(=O)c1cccc(C(=O)NCCc2ccccc2)n1. The van der Waals surface area contributed by atoms with Gasteiger partial charge in [0.25, 0.3) is 11.8 Å². The number of hydrogen-bond acceptors (Lipinski definition) is 3. The van der Waals surface area contributed by atoms with E-state index in [2.05, 4.69) is 22.2 Å². The minimum Gasteiger partial charge on any atom is -0.350 e. The van der Waals surface area contributed by atoms with Gasteiger partial charge in [-0.05, 0) is 24.1 Å². The summed E-state index contributed by atoms with van der Waals surface area (Å²) in [6, 6.07) is 14.7. The molecule has 0 saturated heterocycles. The molecule has 2 aromatic rings. The molecule has 1 heterocycles. The summed E-state index contributed by atoms with van der Waals surface area (Å²) in [5.41, 5.74) is 1.59. The van der Waals surface area contributed by atoms with Gasteiger partial charge in [0.15, 0.2) is 0 Å². The van der Waals surface area contributed by atoms with Crippen molar-refractivity contribution in [1.29, 1.82) is 0 Å². The Hall–Kier alpha value is -2.95. The average molecular weight is 309 g/mol. The van der Waals surface area contributed by atoms with Gasteiger partial charge < -0.3 is 10.6 Å². The van der Waals surface area contributed by atoms with E-state index in [-0.39, 0.29) is 23.2 Å². The molecule has 0 bridgehead atoms. The van der Waals surface area contributed by atoms with Gasteiger partial charge >= 0.3 is 0 Å². The predicted octanol–water partition coefficient (Wildman–Crippen LogP) is 1.97. The maximum absolute atomic E-state index is 12.1. The van der Waals surface area contributed by atoms with Crippen molar-refractivity contribution in [2.75, 3.05) is 13.1 Å². The molecule has 1 aromatic carbocycles. The molecule has 2 amide bonds. The van der Waals surface area contributed by atoms with Crippen molar-refractivity contribution in [2.45, 2.75) is 6.42 Å². The molecule has 0 fully saturated rings. The van der Waals surface area contributed by atoms with Gasteiger partial charge in [0.05, 0.1) is 0 Å². The lowest BCUT2D eigenvalue weighted by molar-refractivity contribution is 0.0946. The van der Waals surface area contributed by atoms with Crippen molar-refractivity contribution in [2.24, 2.45) is 0 Å². The van der Waals surface area contributed by atoms with Gasteiger partial charge in [0.1, 0.15) is 11.4 Å². The molecule has 118 valence electrons. The second-order valence-electron chi connectivity index (χ2n) is 4.90. The highest BCUT2D eigenvalue weighted by Crippen LogP contribution is 2.01. The van der Waals surface area contributed by atoms with E-state index in [0.717, 1.165) is 12.0 Å². The Labute approximate surface area is 135 Å². The molecule has 1 aromatic heterocycles. The van der Waals surface area contributed by atoms with Crippen LogP contribution in [0.2, 0.25) is 0 Å². The standard InChI is InChI=1S/C18H19N3O2/c1-2-12-19-17(22)15-9-6-10-16(21-15)18(23)20-13-11-14-7-4-3-5-8-14/h2-10H,1,11-13H2,(H,19,22)(H,20,23). The second kappa shape index (κ2) is 8.48. The van der Waals surface area contributed by atoms with Crippen molar-refractivity contribution in [1.82, 2.24) is 15.6 Å². The number of aromatic nitrogens is 1. The number of amides is 2. The molecular weight excluding hydrogens is 290 g/mol. The van der Waals surface area contributed by atoms with Crippen molar-refractivity contribution >= 4 is 11.8 Å². The third kappa shape index (κ3) is 5.07. The summed E-state index contributed by atoms with van der Waals surface area (Å²) in [5, 5.41) is 5.44. The molecule has 2 rings (SSSR count). The minimum absolute atomic E-state index is 0.211. The van der Waals surface area contributed by atoms with E-state index in [9.17, 15) is 9.59 Å². The smallest absolute Gasteiger partial charge is 0.270 e. The van der Waals surface area contributed by atoms with Crippen LogP contribution in [0.25, 0.3) is 0 Å². The first-order valence-electron chi connectivity index (χ1n) is 7.39. The number of hydrogen-bond donors (Lipinski definition) is 2. The van der Waals surface area contributed by atoms with Crippen LogP contribution in [0.15, 0.2) is 61.2 Å². The molecule has 0 aliphatic rings. The van der Waals surface area contributed by atoms with Crippen LogP contribution in [0.5, 0.6) is 0 Å². The number of pyridine rings is 1. The Morgan fingerprint density at radius 1 is 0.957 bits per heavy atom. The third-order valence-electron chi connectivity index (χ3n) is 3.16. The molecule has 0 saturated carbocycles. The maximum atomic E-state index is 12.1. The minimum atomic E-state index is -0.330. The third-order valence-corrected chi connectivity index (χ3v) is 3.16. The van der Waals surface area contributed by atoms with Crippen LogP contribution < -0.4 is 10.6 Å². The summed E-state index contributed by atoms with van der Waals surface area (Å²) in [4.78, 5) is 28.0. The Kier molecular flexibility index (Phi) is 6.06. The van der Waals surface area contributed by atoms with E-state index < -0.39 is 0 Å². The maximum Gasteiger partial charge on any atom is 0.270 e. The normalized spacial score (nSPS) is 9.91. The zero-order chi connectivity index (χ0) is 16.5. The summed E-state index contributed by atoms with van der Waals surface area (Å²) in [6.07, 6.45) is 2.32. The van der Waals surface area contributed by atoms with Crippen LogP contribution in [0.3, 0.4) is 0 Å². The molecule has 5 nitrogen and oxygen atoms in total. The molecule has 2 N–H and O–H groups in total. The molecule has 5 heteroatoms. The van der Waals surface area contributed by atoms with E-state index >= 15 is 0 Å². The first-order valence-corrected chi connectivity index (χ1v) is 7.39. The number of carbonyl (C=O) groups is 2. The van der Waals surface area contributed by atoms with Crippen molar-refractivity contribution in [3.05, 3.63) is 78.1 Å². The summed E-state index contributed by atoms with van der Waals surface area (Å²) < 4.78 is 0. The van der Waals surface area contributed by atoms with E-state index in [1.165, 1.54) is 0 Å². The van der Waals surface area contributed by atoms with Crippen LogP contribution in [0, 0.1) is 0 Å². The largest absolute Gasteiger partial charge is 0.350 e. The molecule has 0 aliphatic carbocycles. The molecule has 0 aliphatic heterocycles. The fraction of sp³-hybridized carbons (Fsp3) is 0.167. The van der Waals surface area contributed by atoms with Gasteiger partial charge in [-0.1, -0.05) is 42.5 Å². The summed E-state index contributed by atoms with van der Waals surface area (Å²) in [5.74, 6) is -0.622. The number of benzene rings is 1. The number of carbonyl (C=O) groups excluding carboxylic acids is 2. The number of nitrogens with zero attached hydrogens (tertiary/aromatic N) is 1. The van der Waals surface area contributed by atoms with Crippen LogP contribution >= 0.6 is 0 Å². The number of nitrogens with one attached hydrogen (secondary N) is 2. The zero-order valence-corrected chi connectivity index (χ0v) is 12.8. The topological polar surface area (TPSA) is 71.1 Å². The van der Waals surface area contributed by atoms with E-state index in [0.29, 0.717) is 13.1 Å². The predicted molar refractivity (Wildman–Crippen MR) is 89.2 cm³/mol. The lowest BCUT2D eigenvalue weighted by Gasteiger charge is -2.06. The van der Waals surface area contributed by atoms with Crippen LogP contribution in [-0.2, 0) is 6.42 Å². The molecule has 23 heavy (non-hydrogen) atoms. The molecule has 0 spiro atoms. The molecule has 0 unspecified atom stereocenters. The van der Waals surface area contributed by atoms with Crippen molar-refractivity contribution < 1.29 is 9.59 Å². The first kappa shape index (κ1) is 16.4. The second-order valence-corrected chi connectivity index (χ2v) is 4.90. The van der Waals surface area contributed by atoms with Gasteiger partial charge in [-0.25, -0.2) is 4.98 Å². The van der Waals surface area contributed by atoms with Crippen molar-refractivity contribution in [3.63, 3.8) is 0 Å². The van der Waals surface area contributed by atoms with E-state index in [4.69, 9.17) is 0 Å². The lowest BCUT2D eigenvalue weighted by atomic mass is 10.1. The fourth-order valence-corrected chi connectivity index (χ4v) is 2.00. The quantitative estimate of drug-likeness (QED) is 0.768. The Morgan fingerprint density at radius 2 is 1.61 bits per heavy atom. The molecular formula is C18H19N3O2. The first-order chi connectivity index (χ1) is 11.2. The van der Waals surface area contributed by atoms with Crippen molar-refractivity contribution in [3.8, 4) is 0 Å². The van der Waals surface area contributed by atoms with Gasteiger partial charge in [0.2, 0.25) is 0 Å². The zero-order valence-electron chi connectivity index (χ0n) is 12.8. The summed E-state index contributed by atoms with van der Waals surface area (Å²) in [7, 11) is 0. The lowest BCUT2D eigenvalue weighted by Crippen LogP contribution is -2.28. The monoisotopic (exact) mass is 309 g/mol. The van der Waals surface area contributed by atoms with Crippen LogP contribution in [-0.4, -0.2) is 29.9 Å². The van der Waals surface area contributed by atoms with Gasteiger partial charge in [0, 0.05) is 13.1 Å². The highest BCUT2D eigenvalue weighted by Gasteiger charge is 2.11. The van der Waals surface area contributed by atoms with E-state index in [1.807, 2.05) is 30.3 Å². The van der Waals surface area contributed by atoms with Crippen LogP contribution in [0.1, 0.15) is 26.5 Å². The molecule has 0 atom stereocenters. The Balaban J connectivity index is 1.91. The van der Waals surface area contributed by atoms with Gasteiger partial charge in [-0.3, -0.25) is 9.59 Å². The molecule has 0 radical (unpaired) electrons. The van der Waals surface area contributed by atoms with E-state index in [1.54, 1.807) is 24.3 Å².